The first-order chi connectivity index (χ1) is 14.9. The molecule has 3 heterocycles. The molecule has 1 N–H and O–H groups in total. The highest BCUT2D eigenvalue weighted by molar-refractivity contribution is 6.30. The Morgan fingerprint density at radius 3 is 2.81 bits per heavy atom. The lowest BCUT2D eigenvalue weighted by atomic mass is 9.94. The van der Waals surface area contributed by atoms with E-state index in [0.29, 0.717) is 47.1 Å². The summed E-state index contributed by atoms with van der Waals surface area (Å²) in [6.45, 7) is 0.0663. The van der Waals surface area contributed by atoms with Crippen LogP contribution >= 0.6 is 11.6 Å². The molecular formula is C21H24ClFN4O4. The summed E-state index contributed by atoms with van der Waals surface area (Å²) >= 11 is 6.07. The molecule has 1 aromatic carbocycles. The molecule has 0 spiro atoms. The van der Waals surface area contributed by atoms with Crippen LogP contribution in [0.4, 0.5) is 15.0 Å². The zero-order chi connectivity index (χ0) is 22.1. The van der Waals surface area contributed by atoms with Crippen LogP contribution in [0, 0.1) is 0 Å². The maximum atomic E-state index is 15.2. The highest BCUT2D eigenvalue weighted by Crippen LogP contribution is 2.40. The molecule has 0 radical (unpaired) electrons. The summed E-state index contributed by atoms with van der Waals surface area (Å²) in [5, 5.41) is 18.5. The minimum Gasteiger partial charge on any atom is -0.467 e. The van der Waals surface area contributed by atoms with Crippen molar-refractivity contribution in [3.63, 3.8) is 0 Å². The van der Waals surface area contributed by atoms with Crippen molar-refractivity contribution >= 4 is 23.5 Å². The number of nitrogens with zero attached hydrogens (tertiary/aromatic N) is 4. The van der Waals surface area contributed by atoms with Gasteiger partial charge >= 0.3 is 6.09 Å². The van der Waals surface area contributed by atoms with E-state index in [1.54, 1.807) is 42.3 Å². The van der Waals surface area contributed by atoms with Gasteiger partial charge < -0.3 is 19.5 Å². The zero-order valence-electron chi connectivity index (χ0n) is 17.2. The summed E-state index contributed by atoms with van der Waals surface area (Å²) in [6.07, 6.45) is -0.668. The first kappa shape index (κ1) is 21.6. The van der Waals surface area contributed by atoms with E-state index >= 15 is 4.39 Å². The normalized spacial score (nSPS) is 24.8. The van der Waals surface area contributed by atoms with Gasteiger partial charge in [0.15, 0.2) is 12.6 Å². The summed E-state index contributed by atoms with van der Waals surface area (Å²) in [6, 6.07) is 7.54. The molecule has 2 fully saturated rings. The predicted molar refractivity (Wildman–Crippen MR) is 113 cm³/mol. The number of hydrogen-bond acceptors (Lipinski definition) is 6. The number of amides is 1. The fourth-order valence-corrected chi connectivity index (χ4v) is 4.73. The lowest BCUT2D eigenvalue weighted by Gasteiger charge is -2.43. The van der Waals surface area contributed by atoms with Crippen LogP contribution in [0.2, 0.25) is 5.02 Å². The van der Waals surface area contributed by atoms with Gasteiger partial charge in [-0.25, -0.2) is 9.18 Å². The maximum Gasteiger partial charge on any atom is 0.407 e. The number of benzene rings is 1. The summed E-state index contributed by atoms with van der Waals surface area (Å²) in [5.74, 6) is 1.04. The van der Waals surface area contributed by atoms with Gasteiger partial charge in [0.2, 0.25) is 0 Å². The second kappa shape index (κ2) is 8.84. The molecule has 1 aromatic heterocycles. The van der Waals surface area contributed by atoms with Crippen molar-refractivity contribution in [2.45, 2.75) is 43.6 Å². The average molecular weight is 451 g/mol. The lowest BCUT2D eigenvalue weighted by molar-refractivity contribution is 0.0489. The van der Waals surface area contributed by atoms with Gasteiger partial charge in [-0.15, -0.1) is 10.2 Å². The van der Waals surface area contributed by atoms with Gasteiger partial charge in [0, 0.05) is 30.8 Å². The van der Waals surface area contributed by atoms with Crippen molar-refractivity contribution < 1.29 is 23.8 Å². The number of fused-ring (bicyclic) bond motifs is 2. The minimum absolute atomic E-state index is 0.0663. The van der Waals surface area contributed by atoms with Crippen LogP contribution in [-0.4, -0.2) is 71.5 Å². The summed E-state index contributed by atoms with van der Waals surface area (Å²) in [7, 11) is 3.30. The summed E-state index contributed by atoms with van der Waals surface area (Å²) < 4.78 is 25.8. The third kappa shape index (κ3) is 4.12. The van der Waals surface area contributed by atoms with Crippen LogP contribution in [0.3, 0.4) is 0 Å². The third-order valence-corrected chi connectivity index (χ3v) is 6.31. The van der Waals surface area contributed by atoms with E-state index in [-0.39, 0.29) is 12.8 Å². The van der Waals surface area contributed by atoms with E-state index in [1.165, 1.54) is 12.0 Å². The molecule has 2 aliphatic heterocycles. The van der Waals surface area contributed by atoms with E-state index in [4.69, 9.17) is 21.1 Å². The van der Waals surface area contributed by atoms with Crippen LogP contribution in [0.15, 0.2) is 30.3 Å². The second-order valence-electron chi connectivity index (χ2n) is 7.81. The van der Waals surface area contributed by atoms with Gasteiger partial charge in [0.25, 0.3) is 0 Å². The summed E-state index contributed by atoms with van der Waals surface area (Å²) in [5.41, 5.74) is 1.29. The molecule has 2 aliphatic rings. The van der Waals surface area contributed by atoms with E-state index in [2.05, 4.69) is 10.2 Å². The van der Waals surface area contributed by atoms with E-state index < -0.39 is 24.3 Å². The van der Waals surface area contributed by atoms with Crippen molar-refractivity contribution in [2.24, 2.45) is 0 Å². The molecule has 2 bridgehead atoms. The quantitative estimate of drug-likeness (QED) is 0.669. The molecule has 4 atom stereocenters. The van der Waals surface area contributed by atoms with Gasteiger partial charge in [-0.3, -0.25) is 4.90 Å². The number of carboxylic acid groups (broad SMARTS) is 1. The van der Waals surface area contributed by atoms with Gasteiger partial charge in [0.1, 0.15) is 11.9 Å². The molecule has 31 heavy (non-hydrogen) atoms. The number of halogens is 2. The Balaban J connectivity index is 1.53. The molecule has 0 unspecified atom stereocenters. The van der Waals surface area contributed by atoms with E-state index in [0.717, 1.165) is 0 Å². The van der Waals surface area contributed by atoms with Crippen LogP contribution < -0.4 is 9.64 Å². The number of methoxy groups -OCH3 is 1. The first-order valence-corrected chi connectivity index (χ1v) is 10.4. The van der Waals surface area contributed by atoms with Crippen molar-refractivity contribution in [3.8, 4) is 17.0 Å². The first-order valence-electron chi connectivity index (χ1n) is 10.0. The Kier molecular flexibility index (Phi) is 6.15. The Morgan fingerprint density at radius 1 is 1.32 bits per heavy atom. The Morgan fingerprint density at radius 2 is 2.13 bits per heavy atom. The monoisotopic (exact) mass is 450 g/mol. The molecule has 4 rings (SSSR count). The molecule has 10 heteroatoms. The number of hydrogen-bond donors (Lipinski definition) is 1. The molecule has 1 amide bonds. The predicted octanol–water partition coefficient (Wildman–Crippen LogP) is 3.84. The number of rotatable bonds is 6. The van der Waals surface area contributed by atoms with Crippen LogP contribution in [0.25, 0.3) is 11.3 Å². The van der Waals surface area contributed by atoms with E-state index in [1.807, 2.05) is 0 Å². The topological polar surface area (TPSA) is 88.0 Å². The number of carbonyl (C=O) groups is 1. The van der Waals surface area contributed by atoms with Gasteiger partial charge in [-0.1, -0.05) is 11.6 Å². The second-order valence-corrected chi connectivity index (χ2v) is 8.25. The van der Waals surface area contributed by atoms with Crippen LogP contribution in [0.5, 0.6) is 5.75 Å². The number of ether oxygens (including phenoxy) is 2. The fourth-order valence-electron chi connectivity index (χ4n) is 4.57. The lowest BCUT2D eigenvalue weighted by Crippen LogP contribution is -2.58. The largest absolute Gasteiger partial charge is 0.467 e. The molecule has 2 saturated heterocycles. The standard InChI is InChI=1S/C21H24ClFN4O4/c1-26(17-10-13-4-7-16(20(17)23)27(13)21(28)29)19-8-6-15(24-25-19)14-5-3-12(22)9-18(14)31-11-30-2/h3,5-6,8-9,13,16-17,20H,4,7,10-11H2,1-2H3,(H,28,29)/t13-,16+,17-,20+/m1/s1. The molecule has 166 valence electrons. The molecule has 0 aliphatic carbocycles. The third-order valence-electron chi connectivity index (χ3n) is 6.08. The van der Waals surface area contributed by atoms with Gasteiger partial charge in [-0.05, 0) is 49.6 Å². The fraction of sp³-hybridized carbons (Fsp3) is 0.476. The number of aromatic nitrogens is 2. The molecule has 0 saturated carbocycles. The SMILES string of the molecule is COCOc1cc(Cl)ccc1-c1ccc(N(C)[C@@H]2C[C@H]3CC[C@@H]([C@@H]2F)N3C(=O)O)nn1. The Bertz CT molecular complexity index is 947. The smallest absolute Gasteiger partial charge is 0.407 e. The van der Waals surface area contributed by atoms with Crippen LogP contribution in [0.1, 0.15) is 19.3 Å². The number of alkyl halides is 1. The van der Waals surface area contributed by atoms with Gasteiger partial charge in [-0.2, -0.15) is 0 Å². The Labute approximate surface area is 184 Å². The summed E-state index contributed by atoms with van der Waals surface area (Å²) in [4.78, 5) is 14.5. The van der Waals surface area contributed by atoms with Crippen molar-refractivity contribution in [2.75, 3.05) is 25.9 Å². The van der Waals surface area contributed by atoms with Crippen molar-refractivity contribution in [1.82, 2.24) is 15.1 Å². The minimum atomic E-state index is -1.29. The zero-order valence-corrected chi connectivity index (χ0v) is 18.0. The molecule has 8 nitrogen and oxygen atoms in total. The van der Waals surface area contributed by atoms with Gasteiger partial charge in [0.05, 0.1) is 17.8 Å². The number of anilines is 1. The van der Waals surface area contributed by atoms with Crippen LogP contribution in [-0.2, 0) is 4.74 Å². The highest BCUT2D eigenvalue weighted by atomic mass is 35.5. The maximum absolute atomic E-state index is 15.2. The van der Waals surface area contributed by atoms with Crippen molar-refractivity contribution in [3.05, 3.63) is 35.4 Å². The van der Waals surface area contributed by atoms with Crippen molar-refractivity contribution in [1.29, 1.82) is 0 Å². The molecular weight excluding hydrogens is 427 g/mol. The van der Waals surface area contributed by atoms with E-state index in [9.17, 15) is 9.90 Å². The Hall–Kier alpha value is -2.65. The highest BCUT2D eigenvalue weighted by Gasteiger charge is 2.51. The number of piperidine rings is 1. The molecule has 2 aromatic rings. The average Bonchev–Trinajstić information content (AvgIpc) is 3.12.